The first-order valence-corrected chi connectivity index (χ1v) is 20.1. The Morgan fingerprint density at radius 1 is 1.38 bits per heavy atom. The molecule has 0 spiro atoms. The predicted octanol–water partition coefficient (Wildman–Crippen LogP) is 4.39. The molecule has 0 amide bonds. The Hall–Kier alpha value is 0.0744. The number of pyridine rings is 1. The summed E-state index contributed by atoms with van der Waals surface area (Å²) in [6.07, 6.45) is 5.67. The zero-order chi connectivity index (χ0) is 17.7. The molecule has 3 rings (SSSR count). The van der Waals surface area contributed by atoms with Crippen LogP contribution in [0.2, 0.25) is 0 Å². The standard InChI is InChI=1S/C13H12N4O3.3HI.V/c1-3-10-15-16-12(20-10)9-6-8(13(18)19-2)7-17-5-4-14-11(9)17;;;;/h4-7H,3H2,1-2H3;3*1H;/q;;;;+3/p-3. The van der Waals surface area contributed by atoms with Crippen LogP contribution in [0.15, 0.2) is 29.1 Å². The van der Waals surface area contributed by atoms with Crippen molar-refractivity contribution in [3.63, 3.8) is 0 Å². The molecule has 0 atom stereocenters. The van der Waals surface area contributed by atoms with Gasteiger partial charge in [0.15, 0.2) is 0 Å². The zero-order valence-corrected chi connectivity index (χ0v) is 20.5. The van der Waals surface area contributed by atoms with Gasteiger partial charge in [-0.2, -0.15) is 0 Å². The minimum absolute atomic E-state index is 0.278. The van der Waals surface area contributed by atoms with Crippen LogP contribution in [0, 0.1) is 0 Å². The summed E-state index contributed by atoms with van der Waals surface area (Å²) >= 11 is 7.39. The van der Waals surface area contributed by atoms with Crippen LogP contribution in [0.5, 0.6) is 0 Å². The second-order valence-corrected chi connectivity index (χ2v) is 39.7. The van der Waals surface area contributed by atoms with E-state index >= 15 is 0 Å². The molecule has 0 unspecified atom stereocenters. The van der Waals surface area contributed by atoms with Crippen molar-refractivity contribution in [2.45, 2.75) is 13.3 Å². The molecule has 11 heteroatoms. The van der Waals surface area contributed by atoms with E-state index in [1.54, 1.807) is 29.1 Å². The third kappa shape index (κ3) is 5.28. The van der Waals surface area contributed by atoms with Gasteiger partial charge >= 0.3 is 70.8 Å². The van der Waals surface area contributed by atoms with Crippen molar-refractivity contribution < 1.29 is 18.9 Å². The molecule has 3 heterocycles. The van der Waals surface area contributed by atoms with Crippen LogP contribution in [0.4, 0.5) is 0 Å². The Morgan fingerprint density at radius 2 is 2.08 bits per heavy atom. The number of methoxy groups -OCH3 is 1. The topological polar surface area (TPSA) is 82.5 Å². The molecule has 0 saturated carbocycles. The first kappa shape index (κ1) is 20.4. The third-order valence-electron chi connectivity index (χ3n) is 2.91. The fourth-order valence-corrected chi connectivity index (χ4v) is 1.93. The van der Waals surface area contributed by atoms with Gasteiger partial charge in [-0.1, -0.05) is 6.92 Å². The van der Waals surface area contributed by atoms with Crippen LogP contribution < -0.4 is 0 Å². The average Bonchev–Trinajstić information content (AvgIpc) is 3.21. The van der Waals surface area contributed by atoms with Crippen LogP contribution in [-0.2, 0) is 16.1 Å². The fraction of sp³-hybridized carbons (Fsp3) is 0.231. The molecule has 0 radical (unpaired) electrons. The Kier molecular flexibility index (Phi) is 8.23. The van der Waals surface area contributed by atoms with Gasteiger partial charge in [-0.25, -0.2) is 9.78 Å². The summed E-state index contributed by atoms with van der Waals surface area (Å²) in [6, 6.07) is 1.64. The van der Waals surface area contributed by atoms with Crippen LogP contribution in [-0.4, -0.2) is 32.7 Å². The van der Waals surface area contributed by atoms with Crippen molar-refractivity contribution >= 4 is 71.6 Å². The molecule has 3 aromatic heterocycles. The van der Waals surface area contributed by atoms with E-state index in [9.17, 15) is 4.79 Å². The molecule has 3 aromatic rings. The summed E-state index contributed by atoms with van der Waals surface area (Å²) in [6.45, 7) is 1.92. The van der Waals surface area contributed by atoms with Crippen LogP contribution >= 0.6 is 59.9 Å². The predicted molar refractivity (Wildman–Crippen MR) is 111 cm³/mol. The van der Waals surface area contributed by atoms with Crippen molar-refractivity contribution in [2.24, 2.45) is 0 Å². The van der Waals surface area contributed by atoms with Crippen LogP contribution in [0.1, 0.15) is 23.2 Å². The van der Waals surface area contributed by atoms with Gasteiger partial charge in [-0.3, -0.25) is 0 Å². The number of rotatable bonds is 3. The molecule has 0 aromatic carbocycles. The first-order chi connectivity index (χ1) is 11.5. The summed E-state index contributed by atoms with van der Waals surface area (Å²) in [4.78, 5) is 15.7. The van der Waals surface area contributed by atoms with Crippen molar-refractivity contribution in [1.82, 2.24) is 19.6 Å². The number of aromatic nitrogens is 4. The van der Waals surface area contributed by atoms with Gasteiger partial charge in [0.25, 0.3) is 5.89 Å². The number of hydrogen-bond acceptors (Lipinski definition) is 6. The van der Waals surface area contributed by atoms with Gasteiger partial charge in [-0.15, -0.1) is 10.2 Å². The molecule has 24 heavy (non-hydrogen) atoms. The molecule has 0 saturated heterocycles. The SMILES string of the molecule is CCc1nnc(-c2cc(C(=O)OC)cn3ccnc23)o1.[I][V]([I])[I]. The van der Waals surface area contributed by atoms with Crippen molar-refractivity contribution in [3.8, 4) is 11.5 Å². The minimum atomic E-state index is -0.433. The Labute approximate surface area is 176 Å². The number of ether oxygens (including phenoxy) is 1. The molecular formula is C13H12I3N4O3V. The molecule has 0 aliphatic heterocycles. The van der Waals surface area contributed by atoms with E-state index in [1.807, 2.05) is 6.92 Å². The summed E-state index contributed by atoms with van der Waals surface area (Å²) in [5.74, 6) is 0.439. The maximum atomic E-state index is 11.7. The number of aryl methyl sites for hydroxylation is 1. The molecule has 0 fully saturated rings. The van der Waals surface area contributed by atoms with Crippen molar-refractivity contribution in [2.75, 3.05) is 7.11 Å². The average molecular weight is 704 g/mol. The van der Waals surface area contributed by atoms with E-state index in [1.165, 1.54) is 7.11 Å². The van der Waals surface area contributed by atoms with E-state index in [-0.39, 0.29) is 4.92 Å². The number of nitrogens with zero attached hydrogens (tertiary/aromatic N) is 4. The third-order valence-corrected chi connectivity index (χ3v) is 2.91. The van der Waals surface area contributed by atoms with Gasteiger partial charge in [-0.05, 0) is 6.07 Å². The molecular weight excluding hydrogens is 692 g/mol. The number of halogens is 3. The molecule has 0 N–H and O–H groups in total. The van der Waals surface area contributed by atoms with Crippen LogP contribution in [0.25, 0.3) is 17.1 Å². The summed E-state index contributed by atoms with van der Waals surface area (Å²) in [7, 11) is 1.34. The van der Waals surface area contributed by atoms with Gasteiger partial charge in [0.1, 0.15) is 5.65 Å². The number of fused-ring (bicyclic) bond motifs is 1. The second kappa shape index (κ2) is 9.68. The Morgan fingerprint density at radius 3 is 2.67 bits per heavy atom. The molecule has 128 valence electrons. The number of esters is 1. The molecule has 0 aliphatic rings. The quantitative estimate of drug-likeness (QED) is 0.298. The summed E-state index contributed by atoms with van der Waals surface area (Å²) in [5.41, 5.74) is 1.64. The van der Waals surface area contributed by atoms with Crippen LogP contribution in [0.3, 0.4) is 0 Å². The number of imidazole rings is 1. The van der Waals surface area contributed by atoms with Crippen molar-refractivity contribution in [1.29, 1.82) is 0 Å². The molecule has 7 nitrogen and oxygen atoms in total. The molecule has 0 aliphatic carbocycles. The number of hydrogen-bond donors (Lipinski definition) is 0. The maximum absolute atomic E-state index is 11.7. The monoisotopic (exact) mass is 704 g/mol. The van der Waals surface area contributed by atoms with E-state index in [0.29, 0.717) is 35.0 Å². The van der Waals surface area contributed by atoms with Gasteiger partial charge in [0, 0.05) is 25.0 Å². The van der Waals surface area contributed by atoms with E-state index in [4.69, 9.17) is 9.15 Å². The number of carbonyl (C=O) groups is 1. The number of carbonyl (C=O) groups excluding carboxylic acids is 1. The van der Waals surface area contributed by atoms with Crippen molar-refractivity contribution in [3.05, 3.63) is 36.1 Å². The fourth-order valence-electron chi connectivity index (χ4n) is 1.93. The summed E-state index contributed by atoms with van der Waals surface area (Å²) in [5, 5.41) is 7.92. The summed E-state index contributed by atoms with van der Waals surface area (Å²) < 4.78 is 12.0. The van der Waals surface area contributed by atoms with Gasteiger partial charge in [0.05, 0.1) is 18.2 Å². The van der Waals surface area contributed by atoms with Gasteiger partial charge < -0.3 is 13.6 Å². The Bertz CT molecular complexity index is 834. The Balaban J connectivity index is 0.000000471. The van der Waals surface area contributed by atoms with E-state index in [0.717, 1.165) is 0 Å². The van der Waals surface area contributed by atoms with Gasteiger partial charge in [0.2, 0.25) is 5.89 Å². The van der Waals surface area contributed by atoms with E-state index < -0.39 is 5.97 Å². The zero-order valence-electron chi connectivity index (χ0n) is 12.6. The van der Waals surface area contributed by atoms with E-state index in [2.05, 4.69) is 75.1 Å². The molecule has 0 bridgehead atoms. The normalized spacial score (nSPS) is 10.6. The second-order valence-electron chi connectivity index (χ2n) is 4.34. The first-order valence-electron chi connectivity index (χ1n) is 6.61.